The molecule has 5 nitrogen and oxygen atoms in total. The van der Waals surface area contributed by atoms with Crippen LogP contribution in [0.4, 0.5) is 5.69 Å². The minimum Gasteiger partial charge on any atom is -0.380 e. The van der Waals surface area contributed by atoms with Gasteiger partial charge < -0.3 is 10.1 Å². The maximum atomic E-state index is 12.3. The molecule has 1 amide bonds. The molecule has 0 aliphatic carbocycles. The molecule has 0 aliphatic heterocycles. The summed E-state index contributed by atoms with van der Waals surface area (Å²) in [5.41, 5.74) is 3.26. The maximum absolute atomic E-state index is 12.3. The smallest absolute Gasteiger partial charge is 0.255 e. The Bertz CT molecular complexity index is 780. The topological polar surface area (TPSA) is 67.0 Å². The minimum absolute atomic E-state index is 0.143. The van der Waals surface area contributed by atoms with E-state index in [-0.39, 0.29) is 5.91 Å². The number of hydrogen-bond acceptors (Lipinski definition) is 3. The molecule has 2 aromatic carbocycles. The third kappa shape index (κ3) is 2.93. The normalized spacial score (nSPS) is 10.7. The van der Waals surface area contributed by atoms with E-state index in [2.05, 4.69) is 15.5 Å². The number of anilines is 1. The van der Waals surface area contributed by atoms with Gasteiger partial charge in [0, 0.05) is 23.7 Å². The molecule has 0 aliphatic rings. The summed E-state index contributed by atoms with van der Waals surface area (Å²) in [5, 5.41) is 10.7. The van der Waals surface area contributed by atoms with Gasteiger partial charge in [-0.3, -0.25) is 9.89 Å². The lowest BCUT2D eigenvalue weighted by Crippen LogP contribution is -2.12. The molecule has 0 spiro atoms. The van der Waals surface area contributed by atoms with Crippen molar-refractivity contribution in [2.75, 3.05) is 12.4 Å². The molecule has 1 heterocycles. The van der Waals surface area contributed by atoms with Gasteiger partial charge in [-0.25, -0.2) is 0 Å². The van der Waals surface area contributed by atoms with E-state index in [1.165, 1.54) is 0 Å². The van der Waals surface area contributed by atoms with Crippen molar-refractivity contribution in [3.63, 3.8) is 0 Å². The van der Waals surface area contributed by atoms with Crippen molar-refractivity contribution in [1.29, 1.82) is 0 Å². The summed E-state index contributed by atoms with van der Waals surface area (Å²) in [6.07, 6.45) is 1.73. The molecule has 0 saturated heterocycles. The van der Waals surface area contributed by atoms with Gasteiger partial charge in [0.1, 0.15) is 0 Å². The highest BCUT2D eigenvalue weighted by Crippen LogP contribution is 2.17. The number of methoxy groups -OCH3 is 1. The minimum atomic E-state index is -0.143. The highest BCUT2D eigenvalue weighted by atomic mass is 16.5. The Morgan fingerprint density at radius 2 is 2.19 bits per heavy atom. The van der Waals surface area contributed by atoms with E-state index in [0.717, 1.165) is 22.2 Å². The fraction of sp³-hybridized carbons (Fsp3) is 0.125. The summed E-state index contributed by atoms with van der Waals surface area (Å²) < 4.78 is 5.08. The molecule has 0 unspecified atom stereocenters. The molecule has 5 heteroatoms. The van der Waals surface area contributed by atoms with Crippen molar-refractivity contribution in [3.8, 4) is 0 Å². The lowest BCUT2D eigenvalue weighted by molar-refractivity contribution is 0.102. The molecule has 0 fully saturated rings. The van der Waals surface area contributed by atoms with Crippen molar-refractivity contribution in [3.05, 3.63) is 59.8 Å². The lowest BCUT2D eigenvalue weighted by atomic mass is 10.1. The van der Waals surface area contributed by atoms with Crippen LogP contribution in [0.3, 0.4) is 0 Å². The highest BCUT2D eigenvalue weighted by molar-refractivity contribution is 6.05. The van der Waals surface area contributed by atoms with Gasteiger partial charge in [0.2, 0.25) is 0 Å². The first-order valence-corrected chi connectivity index (χ1v) is 6.58. The highest BCUT2D eigenvalue weighted by Gasteiger charge is 2.07. The summed E-state index contributed by atoms with van der Waals surface area (Å²) in [5.74, 6) is -0.143. The quantitative estimate of drug-likeness (QED) is 0.772. The Hall–Kier alpha value is -2.66. The van der Waals surface area contributed by atoms with Crippen LogP contribution in [0.1, 0.15) is 15.9 Å². The van der Waals surface area contributed by atoms with Crippen LogP contribution in [0.2, 0.25) is 0 Å². The number of rotatable bonds is 4. The number of carbonyl (C=O) groups excluding carboxylic acids is 1. The van der Waals surface area contributed by atoms with Crippen LogP contribution in [0, 0.1) is 0 Å². The van der Waals surface area contributed by atoms with Crippen molar-refractivity contribution < 1.29 is 9.53 Å². The molecule has 106 valence electrons. The summed E-state index contributed by atoms with van der Waals surface area (Å²) in [7, 11) is 1.63. The second-order valence-corrected chi connectivity index (χ2v) is 4.76. The predicted octanol–water partition coefficient (Wildman–Crippen LogP) is 2.96. The molecular weight excluding hydrogens is 266 g/mol. The Labute approximate surface area is 121 Å². The Balaban J connectivity index is 1.80. The van der Waals surface area contributed by atoms with Crippen molar-refractivity contribution in [1.82, 2.24) is 10.2 Å². The molecule has 1 aromatic heterocycles. The number of aromatic amines is 1. The lowest BCUT2D eigenvalue weighted by Gasteiger charge is -2.07. The van der Waals surface area contributed by atoms with Crippen LogP contribution in [0.5, 0.6) is 0 Å². The number of aromatic nitrogens is 2. The van der Waals surface area contributed by atoms with E-state index in [9.17, 15) is 4.79 Å². The van der Waals surface area contributed by atoms with Gasteiger partial charge in [-0.15, -0.1) is 0 Å². The van der Waals surface area contributed by atoms with E-state index in [0.29, 0.717) is 12.2 Å². The van der Waals surface area contributed by atoms with Gasteiger partial charge in [-0.1, -0.05) is 12.1 Å². The number of benzene rings is 2. The second kappa shape index (κ2) is 5.76. The first kappa shape index (κ1) is 13.3. The Morgan fingerprint density at radius 3 is 3.05 bits per heavy atom. The number of H-pyrrole nitrogens is 1. The molecule has 2 N–H and O–H groups in total. The Kier molecular flexibility index (Phi) is 3.66. The molecule has 0 atom stereocenters. The van der Waals surface area contributed by atoms with Gasteiger partial charge in [0.15, 0.2) is 0 Å². The summed E-state index contributed by atoms with van der Waals surface area (Å²) in [4.78, 5) is 12.3. The zero-order valence-corrected chi connectivity index (χ0v) is 11.6. The van der Waals surface area contributed by atoms with Crippen LogP contribution in [-0.4, -0.2) is 23.2 Å². The molecular formula is C16H15N3O2. The third-order valence-electron chi connectivity index (χ3n) is 3.20. The summed E-state index contributed by atoms with van der Waals surface area (Å²) in [6, 6.07) is 13.0. The van der Waals surface area contributed by atoms with Crippen molar-refractivity contribution in [2.24, 2.45) is 0 Å². The number of nitrogens with zero attached hydrogens (tertiary/aromatic N) is 1. The molecule has 3 rings (SSSR count). The average molecular weight is 281 g/mol. The van der Waals surface area contributed by atoms with Crippen molar-refractivity contribution in [2.45, 2.75) is 6.61 Å². The second-order valence-electron chi connectivity index (χ2n) is 4.76. The Morgan fingerprint density at radius 1 is 1.29 bits per heavy atom. The van der Waals surface area contributed by atoms with E-state index in [1.807, 2.05) is 36.4 Å². The van der Waals surface area contributed by atoms with E-state index in [1.54, 1.807) is 19.4 Å². The fourth-order valence-corrected chi connectivity index (χ4v) is 2.19. The van der Waals surface area contributed by atoms with Crippen molar-refractivity contribution >= 4 is 22.5 Å². The van der Waals surface area contributed by atoms with Crippen LogP contribution in [0.15, 0.2) is 48.7 Å². The SMILES string of the molecule is COCc1cccc(C(=O)Nc2ccc3[nH]ncc3c2)c1. The molecule has 0 saturated carbocycles. The molecule has 0 bridgehead atoms. The van der Waals surface area contributed by atoms with Crippen LogP contribution >= 0.6 is 0 Å². The number of ether oxygens (including phenoxy) is 1. The number of fused-ring (bicyclic) bond motifs is 1. The van der Waals surface area contributed by atoms with Gasteiger partial charge in [-0.05, 0) is 35.9 Å². The van der Waals surface area contributed by atoms with Gasteiger partial charge in [0.05, 0.1) is 18.3 Å². The maximum Gasteiger partial charge on any atom is 0.255 e. The standard InChI is InChI=1S/C16H15N3O2/c1-21-10-11-3-2-4-12(7-11)16(20)18-14-5-6-15-13(8-14)9-17-19-15/h2-9H,10H2,1H3,(H,17,19)(H,18,20). The van der Waals surface area contributed by atoms with Gasteiger partial charge >= 0.3 is 0 Å². The zero-order valence-electron chi connectivity index (χ0n) is 11.6. The summed E-state index contributed by atoms with van der Waals surface area (Å²) in [6.45, 7) is 0.488. The zero-order chi connectivity index (χ0) is 14.7. The predicted molar refractivity (Wildman–Crippen MR) is 81.2 cm³/mol. The van der Waals surface area contributed by atoms with Gasteiger partial charge in [-0.2, -0.15) is 5.10 Å². The fourth-order valence-electron chi connectivity index (χ4n) is 2.19. The summed E-state index contributed by atoms with van der Waals surface area (Å²) >= 11 is 0. The van der Waals surface area contributed by atoms with E-state index >= 15 is 0 Å². The number of carbonyl (C=O) groups is 1. The van der Waals surface area contributed by atoms with E-state index in [4.69, 9.17) is 4.74 Å². The number of hydrogen-bond donors (Lipinski definition) is 2. The molecule has 0 radical (unpaired) electrons. The van der Waals surface area contributed by atoms with Gasteiger partial charge in [0.25, 0.3) is 5.91 Å². The van der Waals surface area contributed by atoms with Crippen LogP contribution < -0.4 is 5.32 Å². The average Bonchev–Trinajstić information content (AvgIpc) is 2.95. The van der Waals surface area contributed by atoms with Crippen LogP contribution in [-0.2, 0) is 11.3 Å². The third-order valence-corrected chi connectivity index (χ3v) is 3.20. The molecule has 21 heavy (non-hydrogen) atoms. The number of amides is 1. The number of nitrogens with one attached hydrogen (secondary N) is 2. The first-order chi connectivity index (χ1) is 10.3. The largest absolute Gasteiger partial charge is 0.380 e. The van der Waals surface area contributed by atoms with E-state index < -0.39 is 0 Å². The van der Waals surface area contributed by atoms with Crippen LogP contribution in [0.25, 0.3) is 10.9 Å². The first-order valence-electron chi connectivity index (χ1n) is 6.58. The monoisotopic (exact) mass is 281 g/mol. The molecule has 3 aromatic rings.